The van der Waals surface area contributed by atoms with Gasteiger partial charge in [-0.25, -0.2) is 8.78 Å². The van der Waals surface area contributed by atoms with Crippen molar-refractivity contribution in [2.45, 2.75) is 108 Å². The van der Waals surface area contributed by atoms with Gasteiger partial charge in [0.25, 0.3) is 0 Å². The van der Waals surface area contributed by atoms with Crippen LogP contribution in [0.15, 0.2) is 30.3 Å². The highest BCUT2D eigenvalue weighted by molar-refractivity contribution is 5.79. The van der Waals surface area contributed by atoms with Crippen LogP contribution in [0.2, 0.25) is 0 Å². The quantitative estimate of drug-likeness (QED) is 0.517. The first-order chi connectivity index (χ1) is 17.2. The standard InChI is InChI=1S/C28H39F2N5O/c1-18(2)26-33-32-19(3)35(26)25-17-22-9-10-24(25)34(22)16-13-23(20-7-5-4-6-8-20)31-27(36)21-11-14-28(29,30)15-12-21/h4-8,18,21-25H,9-17H2,1-3H3,(H,31,36)/t22?,23-,24?,25?/m0/s1. The van der Waals surface area contributed by atoms with Gasteiger partial charge in [-0.1, -0.05) is 44.2 Å². The third kappa shape index (κ3) is 5.06. The first-order valence-electron chi connectivity index (χ1n) is 13.6. The SMILES string of the molecule is Cc1nnc(C(C)C)n1C1CC2CCC1N2CC[C@H](NC(=O)C1CCC(F)(F)CC1)c1ccccc1. The van der Waals surface area contributed by atoms with Crippen molar-refractivity contribution in [3.8, 4) is 0 Å². The van der Waals surface area contributed by atoms with E-state index in [0.29, 0.717) is 24.0 Å². The second-order valence-corrected chi connectivity index (χ2v) is 11.4. The van der Waals surface area contributed by atoms with Gasteiger partial charge in [0.2, 0.25) is 11.8 Å². The van der Waals surface area contributed by atoms with Gasteiger partial charge in [-0.3, -0.25) is 9.69 Å². The minimum Gasteiger partial charge on any atom is -0.349 e. The molecule has 8 heteroatoms. The molecule has 3 heterocycles. The molecule has 1 aromatic heterocycles. The molecule has 1 amide bonds. The third-order valence-corrected chi connectivity index (χ3v) is 8.67. The Labute approximate surface area is 212 Å². The van der Waals surface area contributed by atoms with Gasteiger partial charge in [-0.05, 0) is 51.0 Å². The molecule has 5 rings (SSSR count). The maximum Gasteiger partial charge on any atom is 0.248 e. The molecule has 4 atom stereocenters. The zero-order valence-electron chi connectivity index (χ0n) is 21.7. The molecule has 3 unspecified atom stereocenters. The van der Waals surface area contributed by atoms with Crippen LogP contribution in [0.4, 0.5) is 8.78 Å². The highest BCUT2D eigenvalue weighted by Crippen LogP contribution is 2.46. The number of benzene rings is 1. The average Bonchev–Trinajstić information content (AvgIpc) is 3.54. The van der Waals surface area contributed by atoms with Gasteiger partial charge < -0.3 is 9.88 Å². The number of nitrogens with zero attached hydrogens (tertiary/aromatic N) is 4. The number of nitrogens with one attached hydrogen (secondary N) is 1. The lowest BCUT2D eigenvalue weighted by Gasteiger charge is -2.31. The van der Waals surface area contributed by atoms with Gasteiger partial charge >= 0.3 is 0 Å². The fourth-order valence-corrected chi connectivity index (χ4v) is 6.76. The summed E-state index contributed by atoms with van der Waals surface area (Å²) in [6.45, 7) is 7.29. The predicted octanol–water partition coefficient (Wildman–Crippen LogP) is 5.56. The summed E-state index contributed by atoms with van der Waals surface area (Å²) in [5, 5.41) is 12.1. The van der Waals surface area contributed by atoms with Crippen LogP contribution in [-0.4, -0.2) is 50.1 Å². The fraction of sp³-hybridized carbons (Fsp3) is 0.679. The van der Waals surface area contributed by atoms with Crippen molar-refractivity contribution < 1.29 is 13.6 Å². The number of carbonyl (C=O) groups excluding carboxylic acids is 1. The van der Waals surface area contributed by atoms with E-state index in [9.17, 15) is 13.6 Å². The summed E-state index contributed by atoms with van der Waals surface area (Å²) in [7, 11) is 0. The molecule has 1 saturated carbocycles. The molecule has 0 spiro atoms. The van der Waals surface area contributed by atoms with E-state index in [2.05, 4.69) is 57.9 Å². The number of fused-ring (bicyclic) bond motifs is 2. The average molecular weight is 500 g/mol. The van der Waals surface area contributed by atoms with Crippen molar-refractivity contribution in [2.24, 2.45) is 5.92 Å². The first-order valence-corrected chi connectivity index (χ1v) is 13.6. The summed E-state index contributed by atoms with van der Waals surface area (Å²) >= 11 is 0. The van der Waals surface area contributed by atoms with Gasteiger partial charge in [-0.2, -0.15) is 0 Å². The number of alkyl halides is 2. The summed E-state index contributed by atoms with van der Waals surface area (Å²) in [6.07, 6.45) is 4.42. The first kappa shape index (κ1) is 25.3. The van der Waals surface area contributed by atoms with E-state index < -0.39 is 5.92 Å². The van der Waals surface area contributed by atoms with Crippen LogP contribution in [0.1, 0.15) is 100 Å². The fourth-order valence-electron chi connectivity index (χ4n) is 6.76. The molecule has 2 aromatic rings. The zero-order valence-corrected chi connectivity index (χ0v) is 21.7. The molecular weight excluding hydrogens is 460 g/mol. The topological polar surface area (TPSA) is 63.1 Å². The van der Waals surface area contributed by atoms with Crippen molar-refractivity contribution in [2.75, 3.05) is 6.54 Å². The number of rotatable bonds is 8. The van der Waals surface area contributed by atoms with Crippen LogP contribution < -0.4 is 5.32 Å². The van der Waals surface area contributed by atoms with Crippen LogP contribution in [-0.2, 0) is 4.79 Å². The molecule has 1 aliphatic carbocycles. The molecule has 36 heavy (non-hydrogen) atoms. The van der Waals surface area contributed by atoms with E-state index in [-0.39, 0.29) is 43.6 Å². The van der Waals surface area contributed by atoms with E-state index in [1.165, 1.54) is 12.8 Å². The number of amides is 1. The van der Waals surface area contributed by atoms with Gasteiger partial charge in [0.05, 0.1) is 12.1 Å². The summed E-state index contributed by atoms with van der Waals surface area (Å²) in [5.74, 6) is -0.644. The molecule has 2 aliphatic heterocycles. The van der Waals surface area contributed by atoms with E-state index in [1.54, 1.807) is 0 Å². The maximum absolute atomic E-state index is 13.6. The lowest BCUT2D eigenvalue weighted by Crippen LogP contribution is -2.40. The van der Waals surface area contributed by atoms with Crippen molar-refractivity contribution in [3.63, 3.8) is 0 Å². The number of hydrogen-bond donors (Lipinski definition) is 1. The van der Waals surface area contributed by atoms with Crippen molar-refractivity contribution in [1.82, 2.24) is 25.0 Å². The zero-order chi connectivity index (χ0) is 25.4. The Morgan fingerprint density at radius 1 is 1.08 bits per heavy atom. The predicted molar refractivity (Wildman–Crippen MR) is 135 cm³/mol. The second-order valence-electron chi connectivity index (χ2n) is 11.4. The van der Waals surface area contributed by atoms with Crippen LogP contribution in [0.25, 0.3) is 0 Å². The van der Waals surface area contributed by atoms with E-state index in [1.807, 2.05) is 18.2 Å². The number of carbonyl (C=O) groups is 1. The Balaban J connectivity index is 1.27. The number of hydrogen-bond acceptors (Lipinski definition) is 4. The van der Waals surface area contributed by atoms with Gasteiger partial charge in [0.15, 0.2) is 0 Å². The van der Waals surface area contributed by atoms with Crippen LogP contribution in [0.3, 0.4) is 0 Å². The maximum atomic E-state index is 13.6. The molecule has 196 valence electrons. The Hall–Kier alpha value is -2.35. The Kier molecular flexibility index (Phi) is 7.16. The smallest absolute Gasteiger partial charge is 0.248 e. The highest BCUT2D eigenvalue weighted by Gasteiger charge is 2.48. The molecule has 6 nitrogen and oxygen atoms in total. The van der Waals surface area contributed by atoms with Gasteiger partial charge in [-0.15, -0.1) is 10.2 Å². The van der Waals surface area contributed by atoms with Gasteiger partial charge in [0.1, 0.15) is 11.6 Å². The van der Waals surface area contributed by atoms with E-state index in [4.69, 9.17) is 0 Å². The normalized spacial score (nSPS) is 27.0. The van der Waals surface area contributed by atoms with Gasteiger partial charge in [0, 0.05) is 43.3 Å². The summed E-state index contributed by atoms with van der Waals surface area (Å²) < 4.78 is 29.6. The molecule has 3 aliphatic rings. The minimum absolute atomic E-state index is 0.0803. The van der Waals surface area contributed by atoms with E-state index >= 15 is 0 Å². The second kappa shape index (κ2) is 10.2. The Morgan fingerprint density at radius 2 is 1.81 bits per heavy atom. The lowest BCUT2D eigenvalue weighted by molar-refractivity contribution is -0.130. The number of halogens is 2. The van der Waals surface area contributed by atoms with Crippen LogP contribution in [0, 0.1) is 12.8 Å². The lowest BCUT2D eigenvalue weighted by atomic mass is 9.86. The summed E-state index contributed by atoms with van der Waals surface area (Å²) in [4.78, 5) is 15.7. The Morgan fingerprint density at radius 3 is 2.50 bits per heavy atom. The highest BCUT2D eigenvalue weighted by atomic mass is 19.3. The van der Waals surface area contributed by atoms with Crippen molar-refractivity contribution >= 4 is 5.91 Å². The third-order valence-electron chi connectivity index (χ3n) is 8.67. The van der Waals surface area contributed by atoms with E-state index in [0.717, 1.165) is 36.6 Å². The van der Waals surface area contributed by atoms with Crippen LogP contribution in [0.5, 0.6) is 0 Å². The number of aromatic nitrogens is 3. The molecule has 2 bridgehead atoms. The van der Waals surface area contributed by atoms with Crippen LogP contribution >= 0.6 is 0 Å². The largest absolute Gasteiger partial charge is 0.349 e. The monoisotopic (exact) mass is 499 g/mol. The molecule has 2 saturated heterocycles. The van der Waals surface area contributed by atoms with Crippen molar-refractivity contribution in [3.05, 3.63) is 47.5 Å². The summed E-state index contributed by atoms with van der Waals surface area (Å²) in [6, 6.07) is 11.3. The molecule has 0 radical (unpaired) electrons. The minimum atomic E-state index is -2.63. The molecule has 3 fully saturated rings. The van der Waals surface area contributed by atoms with Crippen molar-refractivity contribution in [1.29, 1.82) is 0 Å². The Bertz CT molecular complexity index is 1050. The molecule has 1 aromatic carbocycles. The number of aryl methyl sites for hydroxylation is 1. The molecular formula is C28H39F2N5O. The summed E-state index contributed by atoms with van der Waals surface area (Å²) in [5.41, 5.74) is 1.08. The molecule has 1 N–H and O–H groups in total.